The van der Waals surface area contributed by atoms with Crippen molar-refractivity contribution in [2.45, 2.75) is 30.5 Å². The van der Waals surface area contributed by atoms with Crippen molar-refractivity contribution in [3.63, 3.8) is 0 Å². The topological polar surface area (TPSA) is 125 Å². The van der Waals surface area contributed by atoms with Crippen LogP contribution in [0.15, 0.2) is 53.4 Å². The summed E-state index contributed by atoms with van der Waals surface area (Å²) in [4.78, 5) is 11.5. The monoisotopic (exact) mass is 483 g/mol. The summed E-state index contributed by atoms with van der Waals surface area (Å²) in [5.74, 6) is -1.06. The van der Waals surface area contributed by atoms with Crippen LogP contribution in [0, 0.1) is 0 Å². The van der Waals surface area contributed by atoms with Crippen molar-refractivity contribution in [3.05, 3.63) is 54.2 Å². The molecule has 1 unspecified atom stereocenters. The molecule has 0 bridgehead atoms. The first-order valence-corrected chi connectivity index (χ1v) is 11.1. The lowest BCUT2D eigenvalue weighted by Gasteiger charge is -2.17. The Morgan fingerprint density at radius 3 is 2.09 bits per heavy atom. The number of benzene rings is 2. The van der Waals surface area contributed by atoms with Crippen molar-refractivity contribution in [3.8, 4) is 28.1 Å². The summed E-state index contributed by atoms with van der Waals surface area (Å²) in [5.41, 5.74) is -1.45. The normalized spacial score (nSPS) is 13.0. The van der Waals surface area contributed by atoms with Crippen LogP contribution in [0.1, 0.15) is 25.1 Å². The number of sulfonamides is 1. The van der Waals surface area contributed by atoms with E-state index in [0.717, 1.165) is 12.1 Å². The van der Waals surface area contributed by atoms with Crippen molar-refractivity contribution < 1.29 is 36.2 Å². The molecule has 176 valence electrons. The Balaban J connectivity index is 2.37. The van der Waals surface area contributed by atoms with Crippen LogP contribution in [0.3, 0.4) is 0 Å². The lowest BCUT2D eigenvalue weighted by Crippen LogP contribution is -2.25. The lowest BCUT2D eigenvalue weighted by atomic mass is 9.98. The van der Waals surface area contributed by atoms with Crippen molar-refractivity contribution in [2.75, 3.05) is 7.11 Å². The molecule has 8 nitrogen and oxygen atoms in total. The summed E-state index contributed by atoms with van der Waals surface area (Å²) in [7, 11) is -2.62. The molecule has 2 aromatic carbocycles. The van der Waals surface area contributed by atoms with Crippen LogP contribution < -0.4 is 9.88 Å². The summed E-state index contributed by atoms with van der Waals surface area (Å²) >= 11 is 0. The van der Waals surface area contributed by atoms with Gasteiger partial charge in [-0.15, -0.1) is 0 Å². The highest BCUT2D eigenvalue weighted by atomic mass is 32.2. The van der Waals surface area contributed by atoms with Crippen molar-refractivity contribution in [1.82, 2.24) is 9.78 Å². The molecule has 0 fully saturated rings. The number of primary sulfonamides is 1. The van der Waals surface area contributed by atoms with Crippen LogP contribution in [0.4, 0.5) is 13.2 Å². The van der Waals surface area contributed by atoms with E-state index < -0.39 is 33.9 Å². The number of methoxy groups -OCH3 is 1. The maximum absolute atomic E-state index is 14.3. The number of nitrogens with zero attached hydrogens (tertiary/aromatic N) is 2. The molecule has 3 aromatic rings. The number of carbonyl (C=O) groups is 1. The molecule has 0 aliphatic rings. The van der Waals surface area contributed by atoms with Gasteiger partial charge in [-0.05, 0) is 36.2 Å². The zero-order valence-corrected chi connectivity index (χ0v) is 18.3. The third-order valence-electron chi connectivity index (χ3n) is 4.98. The first-order chi connectivity index (χ1) is 15.4. The minimum Gasteiger partial charge on any atom is -0.497 e. The Kier molecular flexibility index (Phi) is 6.52. The Morgan fingerprint density at radius 2 is 1.67 bits per heavy atom. The molecule has 1 heterocycles. The van der Waals surface area contributed by atoms with Gasteiger partial charge in [-0.2, -0.15) is 18.3 Å². The Morgan fingerprint density at radius 1 is 1.12 bits per heavy atom. The summed E-state index contributed by atoms with van der Waals surface area (Å²) in [6.45, 7) is 1.44. The van der Waals surface area contributed by atoms with E-state index in [0.29, 0.717) is 10.4 Å². The fourth-order valence-corrected chi connectivity index (χ4v) is 3.93. The summed E-state index contributed by atoms with van der Waals surface area (Å²) in [6.07, 6.45) is -5.09. The van der Waals surface area contributed by atoms with Gasteiger partial charge in [0.05, 0.1) is 12.0 Å². The number of alkyl halides is 3. The molecule has 0 aliphatic carbocycles. The van der Waals surface area contributed by atoms with E-state index in [4.69, 9.17) is 9.88 Å². The molecule has 1 atom stereocenters. The minimum atomic E-state index is -4.94. The second kappa shape index (κ2) is 8.87. The predicted octanol–water partition coefficient (Wildman–Crippen LogP) is 3.93. The number of halogens is 3. The van der Waals surface area contributed by atoms with Gasteiger partial charge in [0.15, 0.2) is 5.69 Å². The molecular weight excluding hydrogens is 463 g/mol. The first kappa shape index (κ1) is 24.3. The smallest absolute Gasteiger partial charge is 0.433 e. The standard InChI is InChI=1S/C21H20F3N3O5S/c1-3-16(20(28)29)27-19(21(22,23)24)17(12-4-8-14(32-2)9-5-12)18(26-27)13-6-10-15(11-7-13)33(25,30)31/h4-11,16H,3H2,1-2H3,(H,28,29)(H2,25,30,31). The highest BCUT2D eigenvalue weighted by Gasteiger charge is 2.43. The van der Waals surface area contributed by atoms with Crippen LogP contribution in [0.5, 0.6) is 5.75 Å². The quantitative estimate of drug-likeness (QED) is 0.525. The zero-order valence-electron chi connectivity index (χ0n) is 17.5. The minimum absolute atomic E-state index is 0.125. The van der Waals surface area contributed by atoms with E-state index in [-0.39, 0.29) is 33.7 Å². The molecule has 0 amide bonds. The van der Waals surface area contributed by atoms with Crippen LogP contribution in [-0.2, 0) is 21.0 Å². The fraction of sp³-hybridized carbons (Fsp3) is 0.238. The molecule has 0 radical (unpaired) electrons. The number of hydrogen-bond donors (Lipinski definition) is 2. The first-order valence-electron chi connectivity index (χ1n) is 9.58. The molecule has 0 saturated carbocycles. The average Bonchev–Trinajstić information content (AvgIpc) is 3.14. The van der Waals surface area contributed by atoms with Crippen molar-refractivity contribution >= 4 is 16.0 Å². The van der Waals surface area contributed by atoms with E-state index in [1.165, 1.54) is 50.4 Å². The zero-order chi connectivity index (χ0) is 24.6. The molecule has 12 heteroatoms. The molecule has 0 saturated heterocycles. The predicted molar refractivity (Wildman–Crippen MR) is 113 cm³/mol. The van der Waals surface area contributed by atoms with Gasteiger partial charge in [-0.25, -0.2) is 23.0 Å². The number of nitrogens with two attached hydrogens (primary N) is 1. The lowest BCUT2D eigenvalue weighted by molar-refractivity contribution is -0.149. The third-order valence-corrected chi connectivity index (χ3v) is 5.91. The van der Waals surface area contributed by atoms with E-state index in [1.807, 2.05) is 0 Å². The highest BCUT2D eigenvalue weighted by Crippen LogP contribution is 2.44. The third kappa shape index (κ3) is 4.86. The maximum Gasteiger partial charge on any atom is 0.433 e. The Labute approximate surface area is 187 Å². The molecule has 3 N–H and O–H groups in total. The second-order valence-corrected chi connectivity index (χ2v) is 8.64. The molecule has 33 heavy (non-hydrogen) atoms. The summed E-state index contributed by atoms with van der Waals surface area (Å²) < 4.78 is 71.5. The second-order valence-electron chi connectivity index (χ2n) is 7.07. The van der Waals surface area contributed by atoms with Crippen LogP contribution in [0.25, 0.3) is 22.4 Å². The molecule has 0 spiro atoms. The number of aliphatic carboxylic acids is 1. The van der Waals surface area contributed by atoms with Gasteiger partial charge >= 0.3 is 12.1 Å². The molecule has 1 aromatic heterocycles. The van der Waals surface area contributed by atoms with Crippen molar-refractivity contribution in [1.29, 1.82) is 0 Å². The summed E-state index contributed by atoms with van der Waals surface area (Å²) in [5, 5.41) is 18.7. The van der Waals surface area contributed by atoms with Crippen LogP contribution in [0.2, 0.25) is 0 Å². The van der Waals surface area contributed by atoms with Gasteiger partial charge in [0.2, 0.25) is 10.0 Å². The molecule has 3 rings (SSSR count). The van der Waals surface area contributed by atoms with Crippen LogP contribution in [-0.4, -0.2) is 36.4 Å². The average molecular weight is 483 g/mol. The SMILES string of the molecule is CCC(C(=O)O)n1nc(-c2ccc(S(N)(=O)=O)cc2)c(-c2ccc(OC)cc2)c1C(F)(F)F. The number of carboxylic acid groups (broad SMARTS) is 1. The van der Waals surface area contributed by atoms with Gasteiger partial charge in [-0.3, -0.25) is 0 Å². The molecule has 0 aliphatic heterocycles. The summed E-state index contributed by atoms with van der Waals surface area (Å²) in [6, 6.07) is 8.98. The van der Waals surface area contributed by atoms with Gasteiger partial charge in [-0.1, -0.05) is 31.2 Å². The van der Waals surface area contributed by atoms with E-state index in [9.17, 15) is 31.5 Å². The van der Waals surface area contributed by atoms with E-state index in [1.54, 1.807) is 0 Å². The molecular formula is C21H20F3N3O5S. The van der Waals surface area contributed by atoms with Gasteiger partial charge in [0.1, 0.15) is 17.5 Å². The van der Waals surface area contributed by atoms with E-state index >= 15 is 0 Å². The van der Waals surface area contributed by atoms with Gasteiger partial charge in [0.25, 0.3) is 0 Å². The van der Waals surface area contributed by atoms with E-state index in [2.05, 4.69) is 5.10 Å². The number of ether oxygens (including phenoxy) is 1. The number of rotatable bonds is 7. The maximum atomic E-state index is 14.3. The number of aromatic nitrogens is 2. The van der Waals surface area contributed by atoms with Gasteiger partial charge < -0.3 is 9.84 Å². The number of hydrogen-bond acceptors (Lipinski definition) is 5. The highest BCUT2D eigenvalue weighted by molar-refractivity contribution is 7.89. The Hall–Kier alpha value is -3.38. The van der Waals surface area contributed by atoms with Crippen molar-refractivity contribution in [2.24, 2.45) is 5.14 Å². The number of carboxylic acids is 1. The largest absolute Gasteiger partial charge is 0.497 e. The van der Waals surface area contributed by atoms with Crippen LogP contribution >= 0.6 is 0 Å². The Bertz CT molecular complexity index is 1270. The fourth-order valence-electron chi connectivity index (χ4n) is 3.42. The van der Waals surface area contributed by atoms with Gasteiger partial charge in [0, 0.05) is 11.1 Å².